The molecule has 1 aromatic rings. The van der Waals surface area contributed by atoms with E-state index in [1.807, 2.05) is 0 Å². The lowest BCUT2D eigenvalue weighted by atomic mass is 10.0. The van der Waals surface area contributed by atoms with Crippen LogP contribution < -0.4 is 5.32 Å². The zero-order chi connectivity index (χ0) is 15.6. The molecule has 0 bridgehead atoms. The maximum atomic E-state index is 12.9. The Kier molecular flexibility index (Phi) is 4.41. The summed E-state index contributed by atoms with van der Waals surface area (Å²) in [6, 6.07) is 3.05. The highest BCUT2D eigenvalue weighted by atomic mass is 19.4. The molecule has 3 N–H and O–H groups in total. The normalized spacial score (nSPS) is 22.3. The number of carboxylic acid groups (broad SMARTS) is 1. The highest BCUT2D eigenvalue weighted by Crippen LogP contribution is 2.34. The summed E-state index contributed by atoms with van der Waals surface area (Å²) in [5, 5.41) is 21.3. The maximum absolute atomic E-state index is 12.9. The van der Waals surface area contributed by atoms with E-state index >= 15 is 0 Å². The molecule has 0 aromatic heterocycles. The predicted molar refractivity (Wildman–Crippen MR) is 70.2 cm³/mol. The Morgan fingerprint density at radius 3 is 2.57 bits per heavy atom. The van der Waals surface area contributed by atoms with Crippen molar-refractivity contribution in [2.45, 2.75) is 31.5 Å². The second-order valence-corrected chi connectivity index (χ2v) is 5.20. The quantitative estimate of drug-likeness (QED) is 0.800. The number of aliphatic hydroxyl groups is 1. The molecule has 4 nitrogen and oxygen atoms in total. The Labute approximate surface area is 119 Å². The first kappa shape index (κ1) is 15.6. The molecule has 0 saturated heterocycles. The van der Waals surface area contributed by atoms with Crippen LogP contribution in [0.2, 0.25) is 0 Å². The van der Waals surface area contributed by atoms with Gasteiger partial charge >= 0.3 is 12.1 Å². The molecule has 0 amide bonds. The van der Waals surface area contributed by atoms with Crippen LogP contribution in [0.25, 0.3) is 0 Å². The monoisotopic (exact) mass is 303 g/mol. The number of carboxylic acids is 1. The number of benzene rings is 1. The summed E-state index contributed by atoms with van der Waals surface area (Å²) >= 11 is 0. The molecule has 2 unspecified atom stereocenters. The molecule has 1 aromatic carbocycles. The lowest BCUT2D eigenvalue weighted by molar-refractivity contribution is -0.138. The molecule has 21 heavy (non-hydrogen) atoms. The van der Waals surface area contributed by atoms with Gasteiger partial charge in [0, 0.05) is 18.2 Å². The van der Waals surface area contributed by atoms with Crippen molar-refractivity contribution in [3.63, 3.8) is 0 Å². The van der Waals surface area contributed by atoms with Crippen LogP contribution in [0.1, 0.15) is 35.2 Å². The van der Waals surface area contributed by atoms with Gasteiger partial charge < -0.3 is 15.5 Å². The predicted octanol–water partition coefficient (Wildman–Crippen LogP) is 2.98. The van der Waals surface area contributed by atoms with Gasteiger partial charge in [0.25, 0.3) is 0 Å². The molecule has 1 aliphatic rings. The van der Waals surface area contributed by atoms with Crippen LogP contribution in [0.15, 0.2) is 18.2 Å². The largest absolute Gasteiger partial charge is 0.478 e. The smallest absolute Gasteiger partial charge is 0.417 e. The van der Waals surface area contributed by atoms with Crippen LogP contribution in [0.4, 0.5) is 18.9 Å². The number of rotatable bonds is 4. The fraction of sp³-hybridized carbons (Fsp3) is 0.500. The van der Waals surface area contributed by atoms with E-state index in [2.05, 4.69) is 5.32 Å². The number of aromatic carboxylic acids is 1. The molecule has 0 spiro atoms. The third-order valence-electron chi connectivity index (χ3n) is 3.74. The molecule has 116 valence electrons. The first-order chi connectivity index (χ1) is 9.79. The van der Waals surface area contributed by atoms with Gasteiger partial charge in [-0.05, 0) is 31.0 Å². The zero-order valence-corrected chi connectivity index (χ0v) is 11.2. The third kappa shape index (κ3) is 3.66. The fourth-order valence-corrected chi connectivity index (χ4v) is 2.58. The first-order valence-corrected chi connectivity index (χ1v) is 6.65. The number of hydrogen-bond donors (Lipinski definition) is 3. The fourth-order valence-electron chi connectivity index (χ4n) is 2.58. The molecular formula is C14H16F3NO3. The number of anilines is 1. The Morgan fingerprint density at radius 1 is 1.33 bits per heavy atom. The molecule has 1 fully saturated rings. The molecule has 1 saturated carbocycles. The first-order valence-electron chi connectivity index (χ1n) is 6.65. The van der Waals surface area contributed by atoms with Crippen LogP contribution in [-0.4, -0.2) is 28.8 Å². The minimum Gasteiger partial charge on any atom is -0.478 e. The molecular weight excluding hydrogens is 287 g/mol. The van der Waals surface area contributed by atoms with E-state index in [1.54, 1.807) is 0 Å². The van der Waals surface area contributed by atoms with E-state index < -0.39 is 29.4 Å². The average molecular weight is 303 g/mol. The second-order valence-electron chi connectivity index (χ2n) is 5.20. The summed E-state index contributed by atoms with van der Waals surface area (Å²) in [7, 11) is 0. The van der Waals surface area contributed by atoms with Gasteiger partial charge in [0.15, 0.2) is 0 Å². The Hall–Kier alpha value is -1.76. The number of hydrogen-bond acceptors (Lipinski definition) is 3. The van der Waals surface area contributed by atoms with Gasteiger partial charge in [-0.2, -0.15) is 13.2 Å². The molecule has 2 atom stereocenters. The Morgan fingerprint density at radius 2 is 2.05 bits per heavy atom. The SMILES string of the molecule is O=C(O)c1ccc(NCC2CCCC2O)cc1C(F)(F)F. The van der Waals surface area contributed by atoms with E-state index in [1.165, 1.54) is 6.07 Å². The highest BCUT2D eigenvalue weighted by Gasteiger charge is 2.35. The van der Waals surface area contributed by atoms with Gasteiger partial charge in [0.2, 0.25) is 0 Å². The summed E-state index contributed by atoms with van der Waals surface area (Å²) in [6.07, 6.45) is -2.72. The van der Waals surface area contributed by atoms with E-state index in [-0.39, 0.29) is 11.6 Å². The van der Waals surface area contributed by atoms with Crippen molar-refractivity contribution in [3.05, 3.63) is 29.3 Å². The van der Waals surface area contributed by atoms with Gasteiger partial charge in [-0.1, -0.05) is 6.42 Å². The lowest BCUT2D eigenvalue weighted by Gasteiger charge is -2.17. The summed E-state index contributed by atoms with van der Waals surface area (Å²) < 4.78 is 38.6. The van der Waals surface area contributed by atoms with E-state index in [0.717, 1.165) is 25.0 Å². The number of alkyl halides is 3. The van der Waals surface area contributed by atoms with Crippen molar-refractivity contribution >= 4 is 11.7 Å². The Bertz CT molecular complexity index is 531. The summed E-state index contributed by atoms with van der Waals surface area (Å²) in [4.78, 5) is 10.8. The summed E-state index contributed by atoms with van der Waals surface area (Å²) in [5.41, 5.74) is -1.74. The Balaban J connectivity index is 2.16. The summed E-state index contributed by atoms with van der Waals surface area (Å²) in [5.74, 6) is -1.60. The van der Waals surface area contributed by atoms with E-state index in [4.69, 9.17) is 5.11 Å². The highest BCUT2D eigenvalue weighted by molar-refractivity contribution is 5.90. The van der Waals surface area contributed by atoms with Crippen LogP contribution in [0.5, 0.6) is 0 Å². The van der Waals surface area contributed by atoms with Gasteiger partial charge in [-0.15, -0.1) is 0 Å². The second kappa shape index (κ2) is 5.93. The number of aliphatic hydroxyl groups excluding tert-OH is 1. The van der Waals surface area contributed by atoms with E-state index in [0.29, 0.717) is 13.0 Å². The van der Waals surface area contributed by atoms with Crippen molar-refractivity contribution < 1.29 is 28.2 Å². The van der Waals surface area contributed by atoms with Crippen molar-refractivity contribution in [1.29, 1.82) is 0 Å². The van der Waals surface area contributed by atoms with Gasteiger partial charge in [0.05, 0.1) is 17.2 Å². The average Bonchev–Trinajstić information content (AvgIpc) is 2.80. The lowest BCUT2D eigenvalue weighted by Crippen LogP contribution is -2.22. The van der Waals surface area contributed by atoms with Crippen LogP contribution in [0.3, 0.4) is 0 Å². The van der Waals surface area contributed by atoms with E-state index in [9.17, 15) is 23.1 Å². The molecule has 2 rings (SSSR count). The van der Waals surface area contributed by atoms with Crippen molar-refractivity contribution in [1.82, 2.24) is 0 Å². The molecule has 0 radical (unpaired) electrons. The van der Waals surface area contributed by atoms with Crippen molar-refractivity contribution in [2.24, 2.45) is 5.92 Å². The molecule has 1 aliphatic carbocycles. The van der Waals surface area contributed by atoms with Crippen LogP contribution >= 0.6 is 0 Å². The van der Waals surface area contributed by atoms with Crippen molar-refractivity contribution in [2.75, 3.05) is 11.9 Å². The molecule has 0 heterocycles. The van der Waals surface area contributed by atoms with Gasteiger partial charge in [-0.25, -0.2) is 4.79 Å². The minimum absolute atomic E-state index is 0.0125. The standard InChI is InChI=1S/C14H16F3NO3/c15-14(16,17)11-6-9(4-5-10(11)13(20)21)18-7-8-2-1-3-12(8)19/h4-6,8,12,18-19H,1-3,7H2,(H,20,21). The molecule has 7 heteroatoms. The maximum Gasteiger partial charge on any atom is 0.417 e. The van der Waals surface area contributed by atoms with Gasteiger partial charge in [0.1, 0.15) is 0 Å². The van der Waals surface area contributed by atoms with Gasteiger partial charge in [-0.3, -0.25) is 0 Å². The van der Waals surface area contributed by atoms with Crippen molar-refractivity contribution in [3.8, 4) is 0 Å². The number of nitrogens with one attached hydrogen (secondary N) is 1. The number of halogens is 3. The topological polar surface area (TPSA) is 69.6 Å². The third-order valence-corrected chi connectivity index (χ3v) is 3.74. The zero-order valence-electron chi connectivity index (χ0n) is 11.2. The minimum atomic E-state index is -4.72. The summed E-state index contributed by atoms with van der Waals surface area (Å²) in [6.45, 7) is 0.366. The van der Waals surface area contributed by atoms with Crippen LogP contribution in [-0.2, 0) is 6.18 Å². The molecule has 0 aliphatic heterocycles. The van der Waals surface area contributed by atoms with Crippen LogP contribution in [0, 0.1) is 5.92 Å². The number of carbonyl (C=O) groups is 1.